The third-order valence-corrected chi connectivity index (χ3v) is 5.95. The van der Waals surface area contributed by atoms with Crippen LogP contribution in [0.4, 0.5) is 13.2 Å². The van der Waals surface area contributed by atoms with Gasteiger partial charge in [0.15, 0.2) is 0 Å². The molecule has 0 unspecified atom stereocenters. The number of aryl methyl sites for hydroxylation is 1. The van der Waals surface area contributed by atoms with E-state index in [4.69, 9.17) is 0 Å². The summed E-state index contributed by atoms with van der Waals surface area (Å²) in [5.41, 5.74) is 2.31. The average molecular weight is 434 g/mol. The molecule has 6 nitrogen and oxygen atoms in total. The van der Waals surface area contributed by atoms with E-state index in [1.807, 2.05) is 6.07 Å². The Balaban J connectivity index is 1.45. The van der Waals surface area contributed by atoms with Gasteiger partial charge in [-0.25, -0.2) is 5.06 Å². The van der Waals surface area contributed by atoms with E-state index in [1.54, 1.807) is 12.1 Å². The first-order chi connectivity index (χ1) is 14.7. The molecule has 0 saturated carbocycles. The minimum atomic E-state index is -4.79. The Morgan fingerprint density at radius 1 is 1.13 bits per heavy atom. The van der Waals surface area contributed by atoms with Crippen molar-refractivity contribution in [1.29, 1.82) is 0 Å². The number of rotatable bonds is 4. The molecule has 164 valence electrons. The lowest BCUT2D eigenvalue weighted by atomic mass is 9.70. The molecule has 0 bridgehead atoms. The van der Waals surface area contributed by atoms with Crippen LogP contribution in [-0.4, -0.2) is 35.0 Å². The number of carbonyl (C=O) groups excluding carboxylic acids is 2. The van der Waals surface area contributed by atoms with E-state index in [0.29, 0.717) is 23.6 Å². The molecule has 2 aromatic carbocycles. The van der Waals surface area contributed by atoms with Crippen LogP contribution < -0.4 is 10.1 Å². The smallest absolute Gasteiger partial charge is 0.406 e. The zero-order chi connectivity index (χ0) is 22.2. The van der Waals surface area contributed by atoms with Gasteiger partial charge < -0.3 is 10.1 Å². The molecule has 1 fully saturated rings. The maximum absolute atomic E-state index is 12.7. The van der Waals surface area contributed by atoms with Crippen LogP contribution in [0.3, 0.4) is 0 Å². The van der Waals surface area contributed by atoms with Crippen LogP contribution in [0.5, 0.6) is 5.75 Å². The number of hydrogen-bond donors (Lipinski definition) is 2. The molecule has 1 saturated heterocycles. The number of nitrogens with zero attached hydrogens (tertiary/aromatic N) is 1. The van der Waals surface area contributed by atoms with Crippen molar-refractivity contribution >= 4 is 11.8 Å². The highest BCUT2D eigenvalue weighted by Gasteiger charge is 2.44. The molecule has 1 aliphatic heterocycles. The third-order valence-electron chi connectivity index (χ3n) is 5.95. The second-order valence-corrected chi connectivity index (χ2v) is 8.00. The molecule has 1 atom stereocenters. The summed E-state index contributed by atoms with van der Waals surface area (Å²) >= 11 is 0. The van der Waals surface area contributed by atoms with Crippen LogP contribution in [0.15, 0.2) is 42.5 Å². The van der Waals surface area contributed by atoms with E-state index < -0.39 is 17.7 Å². The van der Waals surface area contributed by atoms with Gasteiger partial charge in [0.1, 0.15) is 5.75 Å². The fourth-order valence-electron chi connectivity index (χ4n) is 4.31. The number of hydrogen-bond acceptors (Lipinski definition) is 4. The number of benzene rings is 2. The highest BCUT2D eigenvalue weighted by Crippen LogP contribution is 2.41. The summed E-state index contributed by atoms with van der Waals surface area (Å²) in [4.78, 5) is 25.0. The van der Waals surface area contributed by atoms with Gasteiger partial charge in [0, 0.05) is 12.1 Å². The normalized spacial score (nSPS) is 20.3. The van der Waals surface area contributed by atoms with Gasteiger partial charge in [0.2, 0.25) is 5.91 Å². The van der Waals surface area contributed by atoms with E-state index in [0.717, 1.165) is 42.5 Å². The summed E-state index contributed by atoms with van der Waals surface area (Å²) in [6.45, 7) is 0.457. The van der Waals surface area contributed by atoms with Gasteiger partial charge in [-0.1, -0.05) is 18.2 Å². The first kappa shape index (κ1) is 21.2. The van der Waals surface area contributed by atoms with E-state index in [1.165, 1.54) is 12.1 Å². The van der Waals surface area contributed by atoms with Crippen LogP contribution in [0.25, 0.3) is 0 Å². The quantitative estimate of drug-likeness (QED) is 0.569. The lowest BCUT2D eigenvalue weighted by Gasteiger charge is -2.32. The SMILES string of the molecule is O=C(c1ccc2c(c1)C[C@]1(CCNC1=O)CC2)N(O)Cc1ccc(OC(F)(F)F)cc1. The molecule has 1 aliphatic carbocycles. The van der Waals surface area contributed by atoms with E-state index in [-0.39, 0.29) is 23.8 Å². The van der Waals surface area contributed by atoms with Gasteiger partial charge in [-0.2, -0.15) is 0 Å². The maximum atomic E-state index is 12.7. The fourth-order valence-corrected chi connectivity index (χ4v) is 4.31. The molecule has 0 aromatic heterocycles. The molecule has 0 radical (unpaired) electrons. The van der Waals surface area contributed by atoms with Gasteiger partial charge in [-0.15, -0.1) is 13.2 Å². The number of amides is 2. The number of carbonyl (C=O) groups is 2. The molecule has 2 aliphatic rings. The molecule has 1 spiro atoms. The number of hydroxylamine groups is 2. The fraction of sp³-hybridized carbons (Fsp3) is 0.364. The number of fused-ring (bicyclic) bond motifs is 1. The molecule has 2 aromatic rings. The summed E-state index contributed by atoms with van der Waals surface area (Å²) in [5.74, 6) is -0.961. The Kier molecular flexibility index (Phi) is 5.38. The second-order valence-electron chi connectivity index (χ2n) is 8.00. The predicted molar refractivity (Wildman–Crippen MR) is 103 cm³/mol. The standard InChI is InChI=1S/C22H21F3N2O4/c23-22(24,25)31-18-5-1-14(2-6-18)13-27(30)19(28)16-4-3-15-7-8-21(12-17(15)11-16)9-10-26-20(21)29/h1-6,11,30H,7-10,12-13H2,(H,26,29)/t21-/m1/s1. The highest BCUT2D eigenvalue weighted by atomic mass is 19.4. The zero-order valence-electron chi connectivity index (χ0n) is 16.5. The third kappa shape index (κ3) is 4.51. The van der Waals surface area contributed by atoms with Crippen molar-refractivity contribution in [2.24, 2.45) is 5.41 Å². The largest absolute Gasteiger partial charge is 0.573 e. The van der Waals surface area contributed by atoms with Crippen molar-refractivity contribution in [3.63, 3.8) is 0 Å². The Hall–Kier alpha value is -3.07. The minimum Gasteiger partial charge on any atom is -0.406 e. The Bertz CT molecular complexity index is 1010. The van der Waals surface area contributed by atoms with Crippen molar-refractivity contribution in [1.82, 2.24) is 10.4 Å². The van der Waals surface area contributed by atoms with Crippen molar-refractivity contribution < 1.29 is 32.7 Å². The van der Waals surface area contributed by atoms with Crippen LogP contribution in [0.2, 0.25) is 0 Å². The van der Waals surface area contributed by atoms with Gasteiger partial charge in [-0.3, -0.25) is 14.8 Å². The molecule has 1 heterocycles. The highest BCUT2D eigenvalue weighted by molar-refractivity contribution is 5.94. The van der Waals surface area contributed by atoms with Crippen molar-refractivity contribution in [3.8, 4) is 5.75 Å². The van der Waals surface area contributed by atoms with Crippen molar-refractivity contribution in [3.05, 3.63) is 64.7 Å². The van der Waals surface area contributed by atoms with Crippen molar-refractivity contribution in [2.45, 2.75) is 38.6 Å². The van der Waals surface area contributed by atoms with E-state index in [9.17, 15) is 28.0 Å². The summed E-state index contributed by atoms with van der Waals surface area (Å²) in [7, 11) is 0. The Labute approximate surface area is 176 Å². The molecule has 31 heavy (non-hydrogen) atoms. The van der Waals surface area contributed by atoms with Crippen molar-refractivity contribution in [2.75, 3.05) is 6.54 Å². The van der Waals surface area contributed by atoms with E-state index in [2.05, 4.69) is 10.1 Å². The second kappa shape index (κ2) is 7.88. The number of alkyl halides is 3. The van der Waals surface area contributed by atoms with Gasteiger partial charge in [0.25, 0.3) is 5.91 Å². The van der Waals surface area contributed by atoms with Crippen LogP contribution in [0, 0.1) is 5.41 Å². The first-order valence-corrected chi connectivity index (χ1v) is 9.91. The van der Waals surface area contributed by atoms with Gasteiger partial charge in [-0.05, 0) is 66.6 Å². The van der Waals surface area contributed by atoms with Gasteiger partial charge in [0.05, 0.1) is 12.0 Å². The molecular formula is C22H21F3N2O4. The Morgan fingerprint density at radius 3 is 2.52 bits per heavy atom. The summed E-state index contributed by atoms with van der Waals surface area (Å²) in [6.07, 6.45) is -1.93. The molecule has 2 N–H and O–H groups in total. The maximum Gasteiger partial charge on any atom is 0.573 e. The average Bonchev–Trinajstić information content (AvgIpc) is 3.06. The molecular weight excluding hydrogens is 413 g/mol. The van der Waals surface area contributed by atoms with Crippen LogP contribution >= 0.6 is 0 Å². The molecule has 2 amide bonds. The summed E-state index contributed by atoms with van der Waals surface area (Å²) in [6, 6.07) is 10.1. The lowest BCUT2D eigenvalue weighted by molar-refractivity contribution is -0.274. The number of nitrogens with one attached hydrogen (secondary N) is 1. The van der Waals surface area contributed by atoms with Crippen LogP contribution in [-0.2, 0) is 24.2 Å². The number of halogens is 3. The number of ether oxygens (including phenoxy) is 1. The lowest BCUT2D eigenvalue weighted by Crippen LogP contribution is -2.36. The van der Waals surface area contributed by atoms with Gasteiger partial charge >= 0.3 is 6.36 Å². The monoisotopic (exact) mass is 434 g/mol. The zero-order valence-corrected chi connectivity index (χ0v) is 16.5. The molecule has 9 heteroatoms. The first-order valence-electron chi connectivity index (χ1n) is 9.91. The predicted octanol–water partition coefficient (Wildman–Crippen LogP) is 3.61. The Morgan fingerprint density at radius 2 is 1.87 bits per heavy atom. The molecule has 4 rings (SSSR count). The summed E-state index contributed by atoms with van der Waals surface area (Å²) in [5, 5.41) is 13.6. The topological polar surface area (TPSA) is 78.9 Å². The minimum absolute atomic E-state index is 0.0524. The van der Waals surface area contributed by atoms with Crippen LogP contribution in [0.1, 0.15) is 39.9 Å². The van der Waals surface area contributed by atoms with E-state index >= 15 is 0 Å². The summed E-state index contributed by atoms with van der Waals surface area (Å²) < 4.78 is 40.5.